The van der Waals surface area contributed by atoms with Crippen molar-refractivity contribution in [2.45, 2.75) is 13.2 Å². The van der Waals surface area contributed by atoms with E-state index in [1.807, 2.05) is 54.6 Å². The molecule has 2 aromatic carbocycles. The number of ether oxygens (including phenoxy) is 1. The number of rotatable bonds is 8. The summed E-state index contributed by atoms with van der Waals surface area (Å²) in [6.07, 6.45) is 2.63. The fourth-order valence-corrected chi connectivity index (χ4v) is 3.80. The molecule has 0 spiro atoms. The van der Waals surface area contributed by atoms with E-state index in [-0.39, 0.29) is 18.2 Å². The average molecular weight is 434 g/mol. The number of hydrogen-bond donors (Lipinski definition) is 3. The van der Waals surface area contributed by atoms with Gasteiger partial charge in [-0.1, -0.05) is 61.7 Å². The molecule has 6 nitrogen and oxygen atoms in total. The Morgan fingerprint density at radius 1 is 1.10 bits per heavy atom. The van der Waals surface area contributed by atoms with Gasteiger partial charge in [-0.2, -0.15) is 0 Å². The maximum absolute atomic E-state index is 12.5. The smallest absolute Gasteiger partial charge is 0.407 e. The summed E-state index contributed by atoms with van der Waals surface area (Å²) in [5.41, 5.74) is 8.18. The molecule has 7 heteroatoms. The Morgan fingerprint density at radius 2 is 1.87 bits per heavy atom. The zero-order valence-corrected chi connectivity index (χ0v) is 17.7. The summed E-state index contributed by atoms with van der Waals surface area (Å²) in [6.45, 7) is 7.79. The van der Waals surface area contributed by atoms with Crippen molar-refractivity contribution < 1.29 is 14.3 Å². The van der Waals surface area contributed by atoms with Crippen molar-refractivity contribution in [1.82, 2.24) is 10.6 Å². The molecule has 0 aliphatic rings. The van der Waals surface area contributed by atoms with Gasteiger partial charge in [-0.3, -0.25) is 4.79 Å². The third-order valence-corrected chi connectivity index (χ3v) is 5.43. The van der Waals surface area contributed by atoms with Gasteiger partial charge in [-0.25, -0.2) is 4.79 Å². The van der Waals surface area contributed by atoms with E-state index in [9.17, 15) is 9.59 Å². The quantitative estimate of drug-likeness (QED) is 0.453. The van der Waals surface area contributed by atoms with Crippen LogP contribution in [-0.2, 0) is 17.9 Å². The molecule has 1 aromatic heterocycles. The van der Waals surface area contributed by atoms with Gasteiger partial charge in [0.15, 0.2) is 0 Å². The standard InChI is InChI=1S/C24H23N3O3S/c1-3-7-20(16(2)25)27-23(28)22-13-19-11-10-18(12-21(19)31-22)14-26-24(29)30-15-17-8-5-4-6-9-17/h3-13H,1-2,14-15,25H2,(H,26,29)(H,27,28)/b20-7+. The Morgan fingerprint density at radius 3 is 2.58 bits per heavy atom. The van der Waals surface area contributed by atoms with Crippen molar-refractivity contribution in [2.24, 2.45) is 5.73 Å². The first kappa shape index (κ1) is 21.9. The van der Waals surface area contributed by atoms with Gasteiger partial charge in [-0.05, 0) is 34.7 Å². The van der Waals surface area contributed by atoms with Crippen LogP contribution in [0.15, 0.2) is 91.3 Å². The van der Waals surface area contributed by atoms with E-state index in [1.54, 1.807) is 6.08 Å². The molecule has 3 aromatic rings. The summed E-state index contributed by atoms with van der Waals surface area (Å²) in [5, 5.41) is 6.42. The Bertz CT molecular complexity index is 1150. The molecule has 0 atom stereocenters. The molecule has 0 saturated carbocycles. The second-order valence-corrected chi connectivity index (χ2v) is 7.78. The lowest BCUT2D eigenvalue weighted by molar-refractivity contribution is 0.0970. The first-order chi connectivity index (χ1) is 15.0. The second-order valence-electron chi connectivity index (χ2n) is 6.69. The lowest BCUT2D eigenvalue weighted by Gasteiger charge is -2.07. The summed E-state index contributed by atoms with van der Waals surface area (Å²) in [5.74, 6) is -0.273. The van der Waals surface area contributed by atoms with Crippen molar-refractivity contribution in [1.29, 1.82) is 0 Å². The second kappa shape index (κ2) is 10.3. The molecular formula is C24H23N3O3S. The van der Waals surface area contributed by atoms with E-state index in [2.05, 4.69) is 23.8 Å². The molecule has 2 amide bonds. The van der Waals surface area contributed by atoms with Crippen LogP contribution in [0.25, 0.3) is 10.1 Å². The van der Waals surface area contributed by atoms with Crippen molar-refractivity contribution in [2.75, 3.05) is 0 Å². The van der Waals surface area contributed by atoms with Crippen LogP contribution in [0, 0.1) is 0 Å². The normalized spacial score (nSPS) is 11.0. The van der Waals surface area contributed by atoms with Gasteiger partial charge in [0.2, 0.25) is 0 Å². The maximum atomic E-state index is 12.5. The van der Waals surface area contributed by atoms with E-state index >= 15 is 0 Å². The van der Waals surface area contributed by atoms with Crippen molar-refractivity contribution in [3.05, 3.63) is 107 Å². The molecule has 0 saturated heterocycles. The van der Waals surface area contributed by atoms with E-state index < -0.39 is 6.09 Å². The molecule has 0 aliphatic heterocycles. The summed E-state index contributed by atoms with van der Waals surface area (Å²) in [4.78, 5) is 25.0. The minimum absolute atomic E-state index is 0.215. The van der Waals surface area contributed by atoms with Crippen molar-refractivity contribution in [3.63, 3.8) is 0 Å². The summed E-state index contributed by atoms with van der Waals surface area (Å²) in [6, 6.07) is 17.1. The molecular weight excluding hydrogens is 410 g/mol. The number of nitrogens with one attached hydrogen (secondary N) is 2. The Kier molecular flexibility index (Phi) is 7.24. The van der Waals surface area contributed by atoms with Crippen LogP contribution >= 0.6 is 11.3 Å². The van der Waals surface area contributed by atoms with Crippen LogP contribution in [-0.4, -0.2) is 12.0 Å². The Hall–Kier alpha value is -3.84. The molecule has 4 N–H and O–H groups in total. The summed E-state index contributed by atoms with van der Waals surface area (Å²) >= 11 is 1.35. The van der Waals surface area contributed by atoms with Gasteiger partial charge in [0.05, 0.1) is 10.6 Å². The minimum Gasteiger partial charge on any atom is -0.445 e. The predicted octanol–water partition coefficient (Wildman–Crippen LogP) is 4.60. The number of carbonyl (C=O) groups is 2. The highest BCUT2D eigenvalue weighted by molar-refractivity contribution is 7.20. The van der Waals surface area contributed by atoms with E-state index in [4.69, 9.17) is 10.5 Å². The molecule has 0 unspecified atom stereocenters. The fourth-order valence-electron chi connectivity index (χ4n) is 2.78. The van der Waals surface area contributed by atoms with E-state index in [1.165, 1.54) is 17.4 Å². The lowest BCUT2D eigenvalue weighted by atomic mass is 10.1. The first-order valence-corrected chi connectivity index (χ1v) is 10.3. The van der Waals surface area contributed by atoms with E-state index in [0.29, 0.717) is 17.1 Å². The van der Waals surface area contributed by atoms with Crippen molar-refractivity contribution >= 4 is 33.4 Å². The van der Waals surface area contributed by atoms with Gasteiger partial charge >= 0.3 is 6.09 Å². The highest BCUT2D eigenvalue weighted by atomic mass is 32.1. The topological polar surface area (TPSA) is 93.5 Å². The van der Waals surface area contributed by atoms with Crippen LogP contribution in [0.1, 0.15) is 20.8 Å². The zero-order chi connectivity index (χ0) is 22.2. The molecule has 0 radical (unpaired) electrons. The number of hydrogen-bond acceptors (Lipinski definition) is 5. The third kappa shape index (κ3) is 6.07. The minimum atomic E-state index is -0.487. The monoisotopic (exact) mass is 433 g/mol. The van der Waals surface area contributed by atoms with Gasteiger partial charge in [0, 0.05) is 16.9 Å². The number of benzene rings is 2. The highest BCUT2D eigenvalue weighted by Crippen LogP contribution is 2.27. The molecule has 3 rings (SSSR count). The number of nitrogens with two attached hydrogens (primary N) is 1. The number of fused-ring (bicyclic) bond motifs is 1. The van der Waals surface area contributed by atoms with Crippen LogP contribution < -0.4 is 16.4 Å². The molecule has 0 aliphatic carbocycles. The number of alkyl carbamates (subject to hydrolysis) is 1. The molecule has 0 fully saturated rings. The first-order valence-electron chi connectivity index (χ1n) is 9.52. The fraction of sp³-hybridized carbons (Fsp3) is 0.0833. The van der Waals surface area contributed by atoms with Gasteiger partial charge in [0.1, 0.15) is 6.61 Å². The number of carbonyl (C=O) groups excluding carboxylic acids is 2. The maximum Gasteiger partial charge on any atom is 0.407 e. The van der Waals surface area contributed by atoms with Gasteiger partial charge in [0.25, 0.3) is 5.91 Å². The Labute approximate surface area is 184 Å². The number of allylic oxidation sites excluding steroid dienone is 2. The predicted molar refractivity (Wildman–Crippen MR) is 124 cm³/mol. The third-order valence-electron chi connectivity index (χ3n) is 4.34. The highest BCUT2D eigenvalue weighted by Gasteiger charge is 2.13. The largest absolute Gasteiger partial charge is 0.445 e. The molecule has 158 valence electrons. The molecule has 0 bridgehead atoms. The van der Waals surface area contributed by atoms with Crippen LogP contribution in [0.2, 0.25) is 0 Å². The van der Waals surface area contributed by atoms with E-state index in [0.717, 1.165) is 21.2 Å². The summed E-state index contributed by atoms with van der Waals surface area (Å²) in [7, 11) is 0. The molecule has 31 heavy (non-hydrogen) atoms. The number of thiophene rings is 1. The van der Waals surface area contributed by atoms with Gasteiger partial charge in [-0.15, -0.1) is 11.3 Å². The Balaban J connectivity index is 1.60. The van der Waals surface area contributed by atoms with Crippen LogP contribution in [0.3, 0.4) is 0 Å². The SMILES string of the molecule is C=C/C=C(/NC(=O)c1cc2ccc(CNC(=O)OCc3ccccc3)cc2s1)C(=C)N. The van der Waals surface area contributed by atoms with Crippen LogP contribution in [0.4, 0.5) is 4.79 Å². The average Bonchev–Trinajstić information content (AvgIpc) is 3.20. The van der Waals surface area contributed by atoms with Crippen molar-refractivity contribution in [3.8, 4) is 0 Å². The lowest BCUT2D eigenvalue weighted by Crippen LogP contribution is -2.24. The van der Waals surface area contributed by atoms with Gasteiger partial charge < -0.3 is 21.1 Å². The molecule has 1 heterocycles. The number of amides is 2. The summed E-state index contributed by atoms with van der Waals surface area (Å²) < 4.78 is 6.15. The van der Waals surface area contributed by atoms with Crippen LogP contribution in [0.5, 0.6) is 0 Å². The zero-order valence-electron chi connectivity index (χ0n) is 16.9.